The number of hydrogen-bond acceptors (Lipinski definition) is 0. The topological polar surface area (TPSA) is 0 Å². The van der Waals surface area contributed by atoms with E-state index in [-0.39, 0.29) is 0 Å². The van der Waals surface area contributed by atoms with Crippen LogP contribution in [-0.2, 0) is 0 Å². The molecule has 9 aliphatic carbocycles. The van der Waals surface area contributed by atoms with Crippen molar-refractivity contribution in [2.75, 3.05) is 0 Å². The van der Waals surface area contributed by atoms with E-state index in [1.54, 1.807) is 51.4 Å². The first kappa shape index (κ1) is 11.6. The Morgan fingerprint density at radius 2 is 1.17 bits per heavy atom. The van der Waals surface area contributed by atoms with Crippen LogP contribution in [0.5, 0.6) is 0 Å². The van der Waals surface area contributed by atoms with E-state index in [2.05, 4.69) is 6.92 Å². The van der Waals surface area contributed by atoms with E-state index in [9.17, 15) is 0 Å². The van der Waals surface area contributed by atoms with Gasteiger partial charge in [0.25, 0.3) is 0 Å². The van der Waals surface area contributed by atoms with E-state index in [4.69, 9.17) is 0 Å². The SMILES string of the molecule is CC12C3C4CCC4CCC4CCC4C1C1C4CC5CC6C3C12C564. The highest BCUT2D eigenvalue weighted by Crippen LogP contribution is 3.12. The zero-order valence-corrected chi connectivity index (χ0v) is 14.5. The molecule has 0 aromatic rings. The molecule has 9 fully saturated rings. The fraction of sp³-hybridized carbons (Fsp3) is 1.00. The lowest BCUT2D eigenvalue weighted by atomic mass is 8.91. The van der Waals surface area contributed by atoms with Crippen LogP contribution in [0.4, 0.5) is 0 Å². The van der Waals surface area contributed by atoms with E-state index in [1.165, 1.54) is 65.1 Å². The molecule has 0 saturated heterocycles. The minimum Gasteiger partial charge on any atom is -0.0585 e. The number of fused-ring (bicyclic) bond motifs is 8. The van der Waals surface area contributed by atoms with Gasteiger partial charge in [0.05, 0.1) is 0 Å². The molecular weight excluding hydrogens is 276 g/mol. The van der Waals surface area contributed by atoms with Crippen molar-refractivity contribution in [1.82, 2.24) is 0 Å². The lowest BCUT2D eigenvalue weighted by Crippen LogP contribution is -3.09. The minimum atomic E-state index is 0.867. The van der Waals surface area contributed by atoms with Crippen LogP contribution in [0.1, 0.15) is 58.3 Å². The van der Waals surface area contributed by atoms with Crippen LogP contribution >= 0.6 is 0 Å². The zero-order chi connectivity index (χ0) is 14.5. The summed E-state index contributed by atoms with van der Waals surface area (Å²) in [5, 5.41) is 0. The lowest BCUT2D eigenvalue weighted by molar-refractivity contribution is -0.660. The summed E-state index contributed by atoms with van der Waals surface area (Å²) in [6.07, 6.45) is 13.2. The molecule has 2 spiro atoms. The molecule has 0 aromatic carbocycles. The summed E-state index contributed by atoms with van der Waals surface area (Å²) in [7, 11) is 0. The minimum absolute atomic E-state index is 0.867. The van der Waals surface area contributed by atoms with Crippen molar-refractivity contribution in [3.05, 3.63) is 0 Å². The Hall–Kier alpha value is 0. The summed E-state index contributed by atoms with van der Waals surface area (Å²) >= 11 is 0. The fourth-order valence-corrected chi connectivity index (χ4v) is 13.4. The Labute approximate surface area is 140 Å². The fourth-order valence-electron chi connectivity index (χ4n) is 13.4. The Kier molecular flexibility index (Phi) is 1.40. The molecule has 0 amide bonds. The molecule has 10 unspecified atom stereocenters. The first-order valence-electron chi connectivity index (χ1n) is 11.3. The average Bonchev–Trinajstić information content (AvgIpc) is 2.44. The molecule has 9 rings (SSSR count). The quantitative estimate of drug-likeness (QED) is 0.591. The average molecular weight is 306 g/mol. The third-order valence-corrected chi connectivity index (χ3v) is 13.4. The molecule has 0 heteroatoms. The molecule has 23 heavy (non-hydrogen) atoms. The molecule has 0 radical (unpaired) electrons. The second-order valence-electron chi connectivity index (χ2n) is 12.1. The Morgan fingerprint density at radius 1 is 0.652 bits per heavy atom. The van der Waals surface area contributed by atoms with Gasteiger partial charge in [-0.25, -0.2) is 0 Å². The molecule has 0 nitrogen and oxygen atoms in total. The molecule has 122 valence electrons. The standard InChI is InChI=1S/C23H30/c1-21-17-13-6-4-10(13)2-3-11-5-7-14(11)18(21)20-16-9-12-8-15-19(17)23(20,21)22(12,15)16/h10-20H,2-9H2,1H3. The summed E-state index contributed by atoms with van der Waals surface area (Å²) < 4.78 is 0. The van der Waals surface area contributed by atoms with Crippen molar-refractivity contribution in [3.63, 3.8) is 0 Å². The molecule has 0 aromatic heterocycles. The van der Waals surface area contributed by atoms with Crippen molar-refractivity contribution in [1.29, 1.82) is 0 Å². The van der Waals surface area contributed by atoms with Gasteiger partial charge in [0, 0.05) is 0 Å². The maximum absolute atomic E-state index is 2.89. The van der Waals surface area contributed by atoms with Gasteiger partial charge in [-0.2, -0.15) is 0 Å². The smallest absolute Gasteiger partial charge is 0.0105 e. The molecule has 0 aliphatic heterocycles. The summed E-state index contributed by atoms with van der Waals surface area (Å²) in [5.41, 5.74) is 2.86. The van der Waals surface area contributed by atoms with Crippen LogP contribution in [-0.4, -0.2) is 0 Å². The summed E-state index contributed by atoms with van der Waals surface area (Å²) in [5.74, 6) is 13.5. The van der Waals surface area contributed by atoms with E-state index in [0.29, 0.717) is 0 Å². The van der Waals surface area contributed by atoms with Gasteiger partial charge >= 0.3 is 0 Å². The highest BCUT2D eigenvalue weighted by molar-refractivity contribution is 5.55. The van der Waals surface area contributed by atoms with Gasteiger partial charge < -0.3 is 0 Å². The third-order valence-electron chi connectivity index (χ3n) is 13.4. The lowest BCUT2D eigenvalue weighted by Gasteiger charge is -3.12. The van der Waals surface area contributed by atoms with Gasteiger partial charge in [-0.1, -0.05) is 6.92 Å². The van der Waals surface area contributed by atoms with Crippen LogP contribution in [0.3, 0.4) is 0 Å². The van der Waals surface area contributed by atoms with Crippen LogP contribution in [0, 0.1) is 81.3 Å². The largest absolute Gasteiger partial charge is 0.0585 e. The van der Waals surface area contributed by atoms with Gasteiger partial charge in [0.2, 0.25) is 0 Å². The predicted molar refractivity (Wildman–Crippen MR) is 88.3 cm³/mol. The Balaban J connectivity index is 1.26. The third kappa shape index (κ3) is 0.665. The van der Waals surface area contributed by atoms with Crippen LogP contribution in [0.15, 0.2) is 0 Å². The summed E-state index contributed by atoms with van der Waals surface area (Å²) in [4.78, 5) is 0. The van der Waals surface area contributed by atoms with Gasteiger partial charge in [-0.15, -0.1) is 0 Å². The van der Waals surface area contributed by atoms with Crippen molar-refractivity contribution in [2.45, 2.75) is 58.3 Å². The normalized spacial score (nSPS) is 85.2. The molecule has 10 atom stereocenters. The zero-order valence-electron chi connectivity index (χ0n) is 14.5. The van der Waals surface area contributed by atoms with Crippen LogP contribution < -0.4 is 0 Å². The van der Waals surface area contributed by atoms with Gasteiger partial charge in [-0.3, -0.25) is 0 Å². The van der Waals surface area contributed by atoms with E-state index >= 15 is 0 Å². The van der Waals surface area contributed by atoms with E-state index in [1.807, 2.05) is 0 Å². The van der Waals surface area contributed by atoms with Gasteiger partial charge in [0.1, 0.15) is 0 Å². The molecule has 0 bridgehead atoms. The highest BCUT2D eigenvalue weighted by Gasteiger charge is 3.09. The van der Waals surface area contributed by atoms with Crippen molar-refractivity contribution >= 4 is 0 Å². The van der Waals surface area contributed by atoms with Crippen molar-refractivity contribution in [3.8, 4) is 0 Å². The summed E-state index contributed by atoms with van der Waals surface area (Å²) in [6, 6.07) is 0. The predicted octanol–water partition coefficient (Wildman–Crippen LogP) is 4.99. The Morgan fingerprint density at radius 3 is 1.61 bits per heavy atom. The van der Waals surface area contributed by atoms with Crippen LogP contribution in [0.25, 0.3) is 0 Å². The monoisotopic (exact) mass is 306 g/mol. The van der Waals surface area contributed by atoms with Crippen molar-refractivity contribution < 1.29 is 0 Å². The number of rotatable bonds is 0. The first-order chi connectivity index (χ1) is 11.3. The summed E-state index contributed by atoms with van der Waals surface area (Å²) in [6.45, 7) is 2.89. The molecule has 0 heterocycles. The first-order valence-corrected chi connectivity index (χ1v) is 11.3. The maximum atomic E-state index is 2.89. The molecule has 0 N–H and O–H groups in total. The number of hydrogen-bond donors (Lipinski definition) is 0. The molecule has 9 aliphatic rings. The van der Waals surface area contributed by atoms with Gasteiger partial charge in [0.15, 0.2) is 0 Å². The molecular formula is C23H30. The second kappa shape index (κ2) is 2.79. The highest BCUT2D eigenvalue weighted by atomic mass is 15.1. The second-order valence-corrected chi connectivity index (χ2v) is 12.1. The van der Waals surface area contributed by atoms with E-state index in [0.717, 1.165) is 16.2 Å². The van der Waals surface area contributed by atoms with Crippen LogP contribution in [0.2, 0.25) is 0 Å². The molecule has 9 saturated carbocycles. The maximum Gasteiger partial charge on any atom is -0.0105 e. The van der Waals surface area contributed by atoms with Crippen molar-refractivity contribution in [2.24, 2.45) is 81.3 Å². The van der Waals surface area contributed by atoms with E-state index < -0.39 is 0 Å². The van der Waals surface area contributed by atoms with Gasteiger partial charge in [-0.05, 0) is 133 Å². The Bertz CT molecular complexity index is 642.